The minimum absolute atomic E-state index is 0.557. The Morgan fingerprint density at radius 3 is 2.45 bits per heavy atom. The first-order valence-corrected chi connectivity index (χ1v) is 12.3. The Kier molecular flexibility index (Phi) is 6.04. The van der Waals surface area contributed by atoms with Gasteiger partial charge in [0.25, 0.3) is 0 Å². The predicted molar refractivity (Wildman–Crippen MR) is 143 cm³/mol. The Hall–Kier alpha value is -4.99. The van der Waals surface area contributed by atoms with Crippen LogP contribution in [-0.2, 0) is 13.0 Å². The van der Waals surface area contributed by atoms with Crippen LogP contribution in [0.15, 0.2) is 67.3 Å². The zero-order valence-corrected chi connectivity index (χ0v) is 21.3. The molecule has 0 amide bonds. The molecule has 6 rings (SSSR count). The number of imidazole rings is 1. The van der Waals surface area contributed by atoms with Crippen molar-refractivity contribution in [1.29, 1.82) is 0 Å². The molecule has 38 heavy (non-hydrogen) atoms. The lowest BCUT2D eigenvalue weighted by Crippen LogP contribution is -2.05. The highest BCUT2D eigenvalue weighted by Crippen LogP contribution is 2.35. The average molecular weight is 504 g/mol. The van der Waals surface area contributed by atoms with Crippen molar-refractivity contribution in [2.75, 3.05) is 0 Å². The molecular formula is C28H25N9O. The maximum Gasteiger partial charge on any atom is 0.180 e. The average Bonchev–Trinajstić information content (AvgIpc) is 3.59. The van der Waals surface area contributed by atoms with Crippen molar-refractivity contribution in [2.45, 2.75) is 33.7 Å². The number of pyridine rings is 1. The number of tetrazole rings is 1. The first-order valence-electron chi connectivity index (χ1n) is 12.3. The Morgan fingerprint density at radius 2 is 1.71 bits per heavy atom. The topological polar surface area (TPSA) is 120 Å². The van der Waals surface area contributed by atoms with E-state index in [1.54, 1.807) is 12.4 Å². The smallest absolute Gasteiger partial charge is 0.180 e. The number of aromatic amines is 1. The van der Waals surface area contributed by atoms with Crippen LogP contribution in [0.5, 0.6) is 11.5 Å². The standard InChI is InChI=1S/C28H25N9O/c1-4-25-32-26-17(2)11-18(3)31-28(26)37(25)15-19-5-7-20(8-6-19)24-12-21(38-22-13-29-16-30-14-22)9-10-23(24)27-33-35-36-34-27/h5-14,16H,4,15H2,1-3H3,(H,33,34,35,36). The molecule has 0 spiro atoms. The summed E-state index contributed by atoms with van der Waals surface area (Å²) in [5, 5.41) is 14.5. The summed E-state index contributed by atoms with van der Waals surface area (Å²) >= 11 is 0. The summed E-state index contributed by atoms with van der Waals surface area (Å²) in [5.74, 6) is 2.82. The maximum absolute atomic E-state index is 5.99. The van der Waals surface area contributed by atoms with E-state index < -0.39 is 0 Å². The van der Waals surface area contributed by atoms with Crippen LogP contribution in [0.3, 0.4) is 0 Å². The van der Waals surface area contributed by atoms with E-state index in [1.165, 1.54) is 6.33 Å². The number of nitrogens with one attached hydrogen (secondary N) is 1. The molecule has 0 bridgehead atoms. The Labute approximate surface area is 218 Å². The summed E-state index contributed by atoms with van der Waals surface area (Å²) in [5.41, 5.74) is 7.99. The van der Waals surface area contributed by atoms with Crippen LogP contribution in [0, 0.1) is 13.8 Å². The van der Waals surface area contributed by atoms with Gasteiger partial charge < -0.3 is 9.30 Å². The molecule has 0 saturated carbocycles. The first-order chi connectivity index (χ1) is 18.6. The van der Waals surface area contributed by atoms with Gasteiger partial charge in [0.1, 0.15) is 23.4 Å². The zero-order chi connectivity index (χ0) is 26.1. The van der Waals surface area contributed by atoms with Gasteiger partial charge in [-0.25, -0.2) is 25.0 Å². The largest absolute Gasteiger partial charge is 0.454 e. The van der Waals surface area contributed by atoms with Gasteiger partial charge in [0.15, 0.2) is 17.2 Å². The molecule has 0 aliphatic rings. The molecule has 10 nitrogen and oxygen atoms in total. The molecule has 1 N–H and O–H groups in total. The molecule has 4 aromatic heterocycles. The van der Waals surface area contributed by atoms with Crippen molar-refractivity contribution in [2.24, 2.45) is 0 Å². The summed E-state index contributed by atoms with van der Waals surface area (Å²) < 4.78 is 8.20. The normalized spacial score (nSPS) is 11.2. The molecule has 0 atom stereocenters. The number of hydrogen-bond acceptors (Lipinski definition) is 8. The van der Waals surface area contributed by atoms with Crippen molar-refractivity contribution >= 4 is 11.2 Å². The van der Waals surface area contributed by atoms with Gasteiger partial charge in [0, 0.05) is 17.7 Å². The molecule has 0 aliphatic heterocycles. The van der Waals surface area contributed by atoms with Gasteiger partial charge in [-0.2, -0.15) is 0 Å². The van der Waals surface area contributed by atoms with E-state index in [-0.39, 0.29) is 0 Å². The fourth-order valence-electron chi connectivity index (χ4n) is 4.64. The second-order valence-electron chi connectivity index (χ2n) is 9.05. The Morgan fingerprint density at radius 1 is 0.895 bits per heavy atom. The van der Waals surface area contributed by atoms with Crippen LogP contribution >= 0.6 is 0 Å². The van der Waals surface area contributed by atoms with Crippen LogP contribution in [0.1, 0.15) is 29.6 Å². The van der Waals surface area contributed by atoms with Crippen LogP contribution < -0.4 is 4.74 Å². The van der Waals surface area contributed by atoms with Crippen LogP contribution in [-0.4, -0.2) is 45.1 Å². The van der Waals surface area contributed by atoms with Gasteiger partial charge in [-0.05, 0) is 70.8 Å². The number of aromatic nitrogens is 9. The van der Waals surface area contributed by atoms with Crippen molar-refractivity contribution in [3.8, 4) is 34.0 Å². The minimum Gasteiger partial charge on any atom is -0.454 e. The molecular weight excluding hydrogens is 478 g/mol. The van der Waals surface area contributed by atoms with Crippen LogP contribution in [0.4, 0.5) is 0 Å². The fourth-order valence-corrected chi connectivity index (χ4v) is 4.64. The summed E-state index contributed by atoms with van der Waals surface area (Å²) in [6.07, 6.45) is 5.55. The van der Waals surface area contributed by atoms with Crippen molar-refractivity contribution in [3.05, 3.63) is 89.9 Å². The van der Waals surface area contributed by atoms with Gasteiger partial charge in [-0.15, -0.1) is 5.10 Å². The summed E-state index contributed by atoms with van der Waals surface area (Å²) in [6.45, 7) is 6.92. The highest BCUT2D eigenvalue weighted by Gasteiger charge is 2.16. The van der Waals surface area contributed by atoms with Gasteiger partial charge in [0.2, 0.25) is 0 Å². The monoisotopic (exact) mass is 503 g/mol. The summed E-state index contributed by atoms with van der Waals surface area (Å²) in [7, 11) is 0. The molecule has 188 valence electrons. The van der Waals surface area contributed by atoms with Crippen molar-refractivity contribution in [1.82, 2.24) is 45.1 Å². The van der Waals surface area contributed by atoms with Crippen molar-refractivity contribution in [3.63, 3.8) is 0 Å². The molecule has 0 aliphatic carbocycles. The molecule has 0 saturated heterocycles. The summed E-state index contributed by atoms with van der Waals surface area (Å²) in [6, 6.07) is 16.3. The van der Waals surface area contributed by atoms with E-state index in [1.807, 2.05) is 25.1 Å². The van der Waals surface area contributed by atoms with E-state index >= 15 is 0 Å². The zero-order valence-electron chi connectivity index (χ0n) is 21.3. The Balaban J connectivity index is 1.36. The van der Waals surface area contributed by atoms with Gasteiger partial charge >= 0.3 is 0 Å². The second-order valence-corrected chi connectivity index (χ2v) is 9.05. The second kappa shape index (κ2) is 9.81. The van der Waals surface area contributed by atoms with E-state index in [2.05, 4.69) is 79.3 Å². The number of benzene rings is 2. The molecule has 2 aromatic carbocycles. The third-order valence-electron chi connectivity index (χ3n) is 6.39. The van der Waals surface area contributed by atoms with E-state index in [4.69, 9.17) is 14.7 Å². The third-order valence-corrected chi connectivity index (χ3v) is 6.39. The number of hydrogen-bond donors (Lipinski definition) is 1. The van der Waals surface area contributed by atoms with Crippen molar-refractivity contribution < 1.29 is 4.74 Å². The number of H-pyrrole nitrogens is 1. The summed E-state index contributed by atoms with van der Waals surface area (Å²) in [4.78, 5) is 17.7. The maximum atomic E-state index is 5.99. The number of rotatable bonds is 7. The lowest BCUT2D eigenvalue weighted by atomic mass is 9.97. The molecule has 10 heteroatoms. The van der Waals surface area contributed by atoms with E-state index in [0.29, 0.717) is 23.9 Å². The lowest BCUT2D eigenvalue weighted by Gasteiger charge is -2.13. The number of aryl methyl sites for hydroxylation is 3. The minimum atomic E-state index is 0.557. The molecule has 0 radical (unpaired) electrons. The van der Waals surface area contributed by atoms with Gasteiger partial charge in [-0.1, -0.05) is 31.2 Å². The van der Waals surface area contributed by atoms with Crippen LogP contribution in [0.2, 0.25) is 0 Å². The highest BCUT2D eigenvalue weighted by molar-refractivity contribution is 5.82. The van der Waals surface area contributed by atoms with E-state index in [0.717, 1.165) is 56.9 Å². The fraction of sp³-hybridized carbons (Fsp3) is 0.179. The number of fused-ring (bicyclic) bond motifs is 1. The Bertz CT molecular complexity index is 1710. The quantitative estimate of drug-likeness (QED) is 0.320. The third kappa shape index (κ3) is 4.47. The first kappa shape index (κ1) is 23.4. The van der Waals surface area contributed by atoms with Gasteiger partial charge in [-0.3, -0.25) is 0 Å². The molecule has 6 aromatic rings. The SMILES string of the molecule is CCc1nc2c(C)cc(C)nc2n1Cc1ccc(-c2cc(Oc3cncnc3)ccc2-c2nnn[nH]2)cc1. The predicted octanol–water partition coefficient (Wildman–Crippen LogP) is 5.09. The molecule has 0 unspecified atom stereocenters. The van der Waals surface area contributed by atoms with E-state index in [9.17, 15) is 0 Å². The van der Waals surface area contributed by atoms with Gasteiger partial charge in [0.05, 0.1) is 18.9 Å². The lowest BCUT2D eigenvalue weighted by molar-refractivity contribution is 0.477. The van der Waals surface area contributed by atoms with Crippen LogP contribution in [0.25, 0.3) is 33.7 Å². The highest BCUT2D eigenvalue weighted by atomic mass is 16.5. The molecule has 4 heterocycles. The number of nitrogens with zero attached hydrogens (tertiary/aromatic N) is 8. The number of ether oxygens (including phenoxy) is 1. The molecule has 0 fully saturated rings.